The summed E-state index contributed by atoms with van der Waals surface area (Å²) in [4.78, 5) is 41.2. The van der Waals surface area contributed by atoms with Crippen LogP contribution < -0.4 is 15.1 Å². The van der Waals surface area contributed by atoms with Crippen molar-refractivity contribution in [1.29, 1.82) is 0 Å². The third-order valence-corrected chi connectivity index (χ3v) is 5.50. The maximum atomic E-state index is 12.7. The van der Waals surface area contributed by atoms with Gasteiger partial charge < -0.3 is 19.9 Å². The zero-order valence-corrected chi connectivity index (χ0v) is 17.1. The van der Waals surface area contributed by atoms with E-state index in [2.05, 4.69) is 10.2 Å². The first kappa shape index (κ1) is 19.9. The zero-order valence-electron chi connectivity index (χ0n) is 17.1. The molecule has 2 aliphatic heterocycles. The van der Waals surface area contributed by atoms with Crippen LogP contribution in [0, 0.1) is 0 Å². The predicted molar refractivity (Wildman–Crippen MR) is 115 cm³/mol. The molecule has 7 nitrogen and oxygen atoms in total. The number of esters is 1. The molecule has 7 heteroatoms. The van der Waals surface area contributed by atoms with Gasteiger partial charge in [0.1, 0.15) is 6.04 Å². The summed E-state index contributed by atoms with van der Waals surface area (Å²) >= 11 is 0. The Labute approximate surface area is 175 Å². The summed E-state index contributed by atoms with van der Waals surface area (Å²) in [5, 5.41) is 2.88. The fourth-order valence-electron chi connectivity index (χ4n) is 4.16. The molecular weight excluding hydrogens is 382 g/mol. The monoisotopic (exact) mass is 407 g/mol. The number of nitrogens with zero attached hydrogens (tertiary/aromatic N) is 2. The van der Waals surface area contributed by atoms with E-state index in [9.17, 15) is 14.4 Å². The van der Waals surface area contributed by atoms with Gasteiger partial charge in [0.2, 0.25) is 5.91 Å². The van der Waals surface area contributed by atoms with Gasteiger partial charge in [0.25, 0.3) is 5.91 Å². The highest BCUT2D eigenvalue weighted by molar-refractivity contribution is 6.05. The summed E-state index contributed by atoms with van der Waals surface area (Å²) in [6, 6.07) is 14.2. The van der Waals surface area contributed by atoms with Crippen molar-refractivity contribution in [1.82, 2.24) is 0 Å². The molecule has 1 atom stereocenters. The third-order valence-electron chi connectivity index (χ3n) is 5.50. The Bertz CT molecular complexity index is 974. The topological polar surface area (TPSA) is 79.0 Å². The summed E-state index contributed by atoms with van der Waals surface area (Å²) in [6.07, 6.45) is 1.81. The smallest absolute Gasteiger partial charge is 0.338 e. The van der Waals surface area contributed by atoms with Crippen LogP contribution in [0.1, 0.15) is 37.0 Å². The summed E-state index contributed by atoms with van der Waals surface area (Å²) in [6.45, 7) is 4.28. The SMILES string of the molecule is CC(C)N(C(=O)COC(=O)c1ccc2c(c1)NC(=O)[C@@H]1CCCN21)c1ccccc1. The standard InChI is InChI=1S/C23H25N3O4/c1-15(2)26(17-7-4-3-5-8-17)21(27)14-30-23(29)16-10-11-19-18(13-16)24-22(28)20-9-6-12-25(19)20/h3-5,7-8,10-11,13,15,20H,6,9,12,14H2,1-2H3,(H,24,28)/t20-/m0/s1. The molecule has 4 rings (SSSR count). The molecule has 0 aromatic heterocycles. The van der Waals surface area contributed by atoms with Gasteiger partial charge in [-0.05, 0) is 57.0 Å². The highest BCUT2D eigenvalue weighted by Crippen LogP contribution is 2.37. The van der Waals surface area contributed by atoms with Crippen LogP contribution in [0.4, 0.5) is 17.1 Å². The van der Waals surface area contributed by atoms with Gasteiger partial charge in [0.15, 0.2) is 6.61 Å². The van der Waals surface area contributed by atoms with E-state index in [0.717, 1.165) is 30.8 Å². The summed E-state index contributed by atoms with van der Waals surface area (Å²) in [7, 11) is 0. The first-order chi connectivity index (χ1) is 14.5. The largest absolute Gasteiger partial charge is 0.452 e. The number of hydrogen-bond acceptors (Lipinski definition) is 5. The Kier molecular flexibility index (Phi) is 5.44. The molecule has 0 aliphatic carbocycles. The molecule has 1 fully saturated rings. The molecule has 0 radical (unpaired) electrons. The second-order valence-corrected chi connectivity index (χ2v) is 7.84. The molecule has 2 aromatic carbocycles. The Morgan fingerprint density at radius 3 is 2.70 bits per heavy atom. The number of ether oxygens (including phenoxy) is 1. The van der Waals surface area contributed by atoms with Gasteiger partial charge in [-0.2, -0.15) is 0 Å². The minimum absolute atomic E-state index is 0.0452. The van der Waals surface area contributed by atoms with Crippen molar-refractivity contribution in [3.05, 3.63) is 54.1 Å². The van der Waals surface area contributed by atoms with Crippen LogP contribution in [-0.2, 0) is 14.3 Å². The van der Waals surface area contributed by atoms with Gasteiger partial charge in [-0.1, -0.05) is 18.2 Å². The molecule has 2 amide bonds. The highest BCUT2D eigenvalue weighted by atomic mass is 16.5. The summed E-state index contributed by atoms with van der Waals surface area (Å²) in [5.74, 6) is -0.937. The quantitative estimate of drug-likeness (QED) is 0.770. The van der Waals surface area contributed by atoms with Crippen LogP contribution in [0.15, 0.2) is 48.5 Å². The Hall–Kier alpha value is -3.35. The number of fused-ring (bicyclic) bond motifs is 3. The number of anilines is 3. The molecule has 2 aromatic rings. The number of hydrogen-bond donors (Lipinski definition) is 1. The zero-order chi connectivity index (χ0) is 21.3. The summed E-state index contributed by atoms with van der Waals surface area (Å²) < 4.78 is 5.29. The Balaban J connectivity index is 1.45. The van der Waals surface area contributed by atoms with E-state index < -0.39 is 5.97 Å². The van der Waals surface area contributed by atoms with Crippen LogP contribution in [0.25, 0.3) is 0 Å². The lowest BCUT2D eigenvalue weighted by Crippen LogP contribution is -2.44. The molecule has 0 bridgehead atoms. The van der Waals surface area contributed by atoms with Crippen molar-refractivity contribution in [3.63, 3.8) is 0 Å². The lowest BCUT2D eigenvalue weighted by atomic mass is 10.1. The Morgan fingerprint density at radius 1 is 1.20 bits per heavy atom. The molecule has 0 spiro atoms. The van der Waals surface area contributed by atoms with Gasteiger partial charge in [-0.15, -0.1) is 0 Å². The van der Waals surface area contributed by atoms with E-state index in [1.807, 2.05) is 50.2 Å². The second kappa shape index (κ2) is 8.18. The fourth-order valence-corrected chi connectivity index (χ4v) is 4.16. The van der Waals surface area contributed by atoms with E-state index in [1.165, 1.54) is 0 Å². The average Bonchev–Trinajstić information content (AvgIpc) is 3.23. The number of amides is 2. The summed E-state index contributed by atoms with van der Waals surface area (Å²) in [5.41, 5.74) is 2.58. The van der Waals surface area contributed by atoms with Gasteiger partial charge in [0.05, 0.1) is 16.9 Å². The van der Waals surface area contributed by atoms with E-state index in [1.54, 1.807) is 17.0 Å². The van der Waals surface area contributed by atoms with Gasteiger partial charge in [-0.3, -0.25) is 9.59 Å². The van der Waals surface area contributed by atoms with Crippen molar-refractivity contribution >= 4 is 34.8 Å². The fraction of sp³-hybridized carbons (Fsp3) is 0.348. The van der Waals surface area contributed by atoms with Crippen molar-refractivity contribution in [2.45, 2.75) is 38.8 Å². The van der Waals surface area contributed by atoms with Gasteiger partial charge >= 0.3 is 5.97 Å². The number of nitrogens with one attached hydrogen (secondary N) is 1. The lowest BCUT2D eigenvalue weighted by Gasteiger charge is -2.33. The molecule has 2 aliphatic rings. The maximum absolute atomic E-state index is 12.7. The number of para-hydroxylation sites is 1. The molecule has 0 saturated carbocycles. The third kappa shape index (κ3) is 3.75. The van der Waals surface area contributed by atoms with E-state index in [0.29, 0.717) is 11.3 Å². The number of carbonyl (C=O) groups is 3. The van der Waals surface area contributed by atoms with Crippen molar-refractivity contribution in [2.75, 3.05) is 28.3 Å². The number of benzene rings is 2. The molecule has 0 unspecified atom stereocenters. The van der Waals surface area contributed by atoms with Crippen molar-refractivity contribution in [2.24, 2.45) is 0 Å². The van der Waals surface area contributed by atoms with Crippen molar-refractivity contribution < 1.29 is 19.1 Å². The second-order valence-electron chi connectivity index (χ2n) is 7.84. The highest BCUT2D eigenvalue weighted by Gasteiger charge is 2.36. The average molecular weight is 407 g/mol. The predicted octanol–water partition coefficient (Wildman–Crippen LogP) is 3.21. The van der Waals surface area contributed by atoms with E-state index >= 15 is 0 Å². The van der Waals surface area contributed by atoms with E-state index in [4.69, 9.17) is 4.74 Å². The minimum atomic E-state index is -0.597. The number of rotatable bonds is 5. The Morgan fingerprint density at radius 2 is 1.97 bits per heavy atom. The molecule has 1 saturated heterocycles. The minimum Gasteiger partial charge on any atom is -0.452 e. The van der Waals surface area contributed by atoms with Crippen LogP contribution in [-0.4, -0.2) is 43.0 Å². The molecule has 30 heavy (non-hydrogen) atoms. The van der Waals surface area contributed by atoms with E-state index in [-0.39, 0.29) is 30.5 Å². The van der Waals surface area contributed by atoms with Crippen LogP contribution in [0.2, 0.25) is 0 Å². The normalized spacial score (nSPS) is 17.2. The molecule has 1 N–H and O–H groups in total. The van der Waals surface area contributed by atoms with Crippen LogP contribution in [0.5, 0.6) is 0 Å². The van der Waals surface area contributed by atoms with Crippen LogP contribution in [0.3, 0.4) is 0 Å². The van der Waals surface area contributed by atoms with Crippen molar-refractivity contribution in [3.8, 4) is 0 Å². The molecule has 156 valence electrons. The van der Waals surface area contributed by atoms with Gasteiger partial charge in [-0.25, -0.2) is 4.79 Å². The first-order valence-corrected chi connectivity index (χ1v) is 10.2. The maximum Gasteiger partial charge on any atom is 0.338 e. The first-order valence-electron chi connectivity index (χ1n) is 10.2. The van der Waals surface area contributed by atoms with Gasteiger partial charge in [0, 0.05) is 18.3 Å². The molecular formula is C23H25N3O4. The number of carbonyl (C=O) groups excluding carboxylic acids is 3. The lowest BCUT2D eigenvalue weighted by molar-refractivity contribution is -0.122. The van der Waals surface area contributed by atoms with Crippen LogP contribution >= 0.6 is 0 Å². The molecule has 2 heterocycles.